The van der Waals surface area contributed by atoms with Crippen LogP contribution in [0.3, 0.4) is 0 Å². The van der Waals surface area contributed by atoms with Crippen molar-refractivity contribution in [3.05, 3.63) is 72.3 Å². The van der Waals surface area contributed by atoms with Crippen LogP contribution in [0, 0.1) is 0 Å². The molecule has 25 heavy (non-hydrogen) atoms. The van der Waals surface area contributed by atoms with Crippen LogP contribution in [-0.4, -0.2) is 35.3 Å². The molecule has 8 heteroatoms. The van der Waals surface area contributed by atoms with E-state index in [1.54, 1.807) is 35.3 Å². The number of sulfone groups is 1. The molecule has 2 aromatic carbocycles. The summed E-state index contributed by atoms with van der Waals surface area (Å²) in [4.78, 5) is 16.3. The Morgan fingerprint density at radius 3 is 2.48 bits per heavy atom. The van der Waals surface area contributed by atoms with Crippen molar-refractivity contribution in [2.45, 2.75) is 11.4 Å². The molecule has 3 rings (SSSR count). The summed E-state index contributed by atoms with van der Waals surface area (Å²) in [5.74, 6) is -0.468. The van der Waals surface area contributed by atoms with E-state index in [1.165, 1.54) is 18.5 Å². The summed E-state index contributed by atoms with van der Waals surface area (Å²) < 4.78 is 25.3. The highest BCUT2D eigenvalue weighted by Crippen LogP contribution is 2.18. The lowest BCUT2D eigenvalue weighted by molar-refractivity contribution is 0.102. The van der Waals surface area contributed by atoms with Crippen LogP contribution in [0.15, 0.2) is 66.1 Å². The molecule has 0 radical (unpaired) electrons. The van der Waals surface area contributed by atoms with E-state index < -0.39 is 15.7 Å². The van der Waals surface area contributed by atoms with Gasteiger partial charge in [-0.25, -0.2) is 18.1 Å². The molecule has 3 aromatic rings. The lowest BCUT2D eigenvalue weighted by Crippen LogP contribution is -2.16. The van der Waals surface area contributed by atoms with Gasteiger partial charge in [0.05, 0.1) is 17.0 Å². The number of anilines is 1. The van der Waals surface area contributed by atoms with Gasteiger partial charge in [-0.2, -0.15) is 5.10 Å². The predicted octanol–water partition coefficient (Wildman–Crippen LogP) is 1.98. The van der Waals surface area contributed by atoms with Crippen molar-refractivity contribution in [3.8, 4) is 0 Å². The van der Waals surface area contributed by atoms with E-state index in [0.29, 0.717) is 12.2 Å². The molecule has 0 aliphatic carbocycles. The molecule has 128 valence electrons. The van der Waals surface area contributed by atoms with Gasteiger partial charge >= 0.3 is 0 Å². The smallest absolute Gasteiger partial charge is 0.256 e. The maximum Gasteiger partial charge on any atom is 0.256 e. The summed E-state index contributed by atoms with van der Waals surface area (Å²) in [7, 11) is -3.48. The number of nitrogens with one attached hydrogen (secondary N) is 1. The molecule has 0 spiro atoms. The minimum Gasteiger partial charge on any atom is -0.322 e. The van der Waals surface area contributed by atoms with Gasteiger partial charge in [0.2, 0.25) is 0 Å². The second kappa shape index (κ2) is 6.86. The zero-order chi connectivity index (χ0) is 17.9. The SMILES string of the molecule is CS(=O)(=O)c1ccccc1C(=O)Nc1ccc(Cn2cncn2)cc1. The molecular weight excluding hydrogens is 340 g/mol. The van der Waals surface area contributed by atoms with E-state index in [0.717, 1.165) is 11.8 Å². The number of hydrogen-bond acceptors (Lipinski definition) is 5. The zero-order valence-electron chi connectivity index (χ0n) is 13.5. The number of hydrogen-bond donors (Lipinski definition) is 1. The molecular formula is C17H16N4O3S. The first-order valence-electron chi connectivity index (χ1n) is 7.45. The summed E-state index contributed by atoms with van der Waals surface area (Å²) in [6.07, 6.45) is 4.17. The molecule has 0 fully saturated rings. The van der Waals surface area contributed by atoms with Crippen molar-refractivity contribution in [2.75, 3.05) is 11.6 Å². The van der Waals surface area contributed by atoms with E-state index in [-0.39, 0.29) is 10.5 Å². The molecule has 1 amide bonds. The van der Waals surface area contributed by atoms with Crippen molar-refractivity contribution in [1.29, 1.82) is 0 Å². The second-order valence-corrected chi connectivity index (χ2v) is 7.50. The summed E-state index contributed by atoms with van der Waals surface area (Å²) in [6, 6.07) is 13.4. The fraction of sp³-hybridized carbons (Fsp3) is 0.118. The Hall–Kier alpha value is -3.00. The van der Waals surface area contributed by atoms with Crippen LogP contribution in [0.2, 0.25) is 0 Å². The van der Waals surface area contributed by atoms with Gasteiger partial charge < -0.3 is 5.32 Å². The van der Waals surface area contributed by atoms with Gasteiger partial charge in [0, 0.05) is 11.9 Å². The number of carbonyl (C=O) groups excluding carboxylic acids is 1. The average molecular weight is 356 g/mol. The summed E-state index contributed by atoms with van der Waals surface area (Å²) in [6.45, 7) is 0.575. The Morgan fingerprint density at radius 1 is 1.12 bits per heavy atom. The van der Waals surface area contributed by atoms with Gasteiger partial charge in [-0.3, -0.25) is 4.79 Å². The van der Waals surface area contributed by atoms with Crippen molar-refractivity contribution in [3.63, 3.8) is 0 Å². The zero-order valence-corrected chi connectivity index (χ0v) is 14.3. The molecule has 1 aromatic heterocycles. The number of aromatic nitrogens is 3. The van der Waals surface area contributed by atoms with Gasteiger partial charge in [-0.15, -0.1) is 0 Å². The monoisotopic (exact) mass is 356 g/mol. The summed E-state index contributed by atoms with van der Waals surface area (Å²) >= 11 is 0. The van der Waals surface area contributed by atoms with Gasteiger partial charge in [-0.05, 0) is 29.8 Å². The van der Waals surface area contributed by atoms with E-state index >= 15 is 0 Å². The lowest BCUT2D eigenvalue weighted by Gasteiger charge is -2.09. The van der Waals surface area contributed by atoms with E-state index in [4.69, 9.17) is 0 Å². The van der Waals surface area contributed by atoms with Crippen molar-refractivity contribution >= 4 is 21.4 Å². The van der Waals surface area contributed by atoms with E-state index in [1.807, 2.05) is 12.1 Å². The fourth-order valence-corrected chi connectivity index (χ4v) is 3.26. The number of carbonyl (C=O) groups is 1. The highest BCUT2D eigenvalue weighted by atomic mass is 32.2. The second-order valence-electron chi connectivity index (χ2n) is 5.51. The van der Waals surface area contributed by atoms with Crippen molar-refractivity contribution in [2.24, 2.45) is 0 Å². The molecule has 0 atom stereocenters. The molecule has 0 saturated carbocycles. The Balaban J connectivity index is 1.76. The van der Waals surface area contributed by atoms with Crippen LogP contribution in [0.25, 0.3) is 0 Å². The van der Waals surface area contributed by atoms with Gasteiger partial charge in [-0.1, -0.05) is 24.3 Å². The number of benzene rings is 2. The minimum atomic E-state index is -3.48. The first kappa shape index (κ1) is 16.8. The third kappa shape index (κ3) is 4.10. The number of rotatable bonds is 5. The maximum absolute atomic E-state index is 12.4. The van der Waals surface area contributed by atoms with Gasteiger partial charge in [0.15, 0.2) is 9.84 Å². The standard InChI is InChI=1S/C17H16N4O3S/c1-25(23,24)16-5-3-2-4-15(16)17(22)20-14-8-6-13(7-9-14)10-21-12-18-11-19-21/h2-9,11-12H,10H2,1H3,(H,20,22). The van der Waals surface area contributed by atoms with Crippen LogP contribution in [-0.2, 0) is 16.4 Å². The Kier molecular flexibility index (Phi) is 4.62. The minimum absolute atomic E-state index is 0.00954. The number of amides is 1. The molecule has 1 heterocycles. The average Bonchev–Trinajstić information content (AvgIpc) is 3.09. The molecule has 0 unspecified atom stereocenters. The molecule has 1 N–H and O–H groups in total. The molecule has 0 saturated heterocycles. The topological polar surface area (TPSA) is 94.0 Å². The van der Waals surface area contributed by atoms with Crippen molar-refractivity contribution < 1.29 is 13.2 Å². The lowest BCUT2D eigenvalue weighted by atomic mass is 10.2. The molecule has 0 aliphatic heterocycles. The first-order chi connectivity index (χ1) is 11.9. The van der Waals surface area contributed by atoms with Crippen LogP contribution in [0.4, 0.5) is 5.69 Å². The van der Waals surface area contributed by atoms with Crippen molar-refractivity contribution in [1.82, 2.24) is 14.8 Å². The maximum atomic E-state index is 12.4. The Bertz CT molecular complexity index is 981. The van der Waals surface area contributed by atoms with Gasteiger partial charge in [0.1, 0.15) is 12.7 Å². The predicted molar refractivity (Wildman–Crippen MR) is 93.1 cm³/mol. The molecule has 7 nitrogen and oxygen atoms in total. The molecule has 0 bridgehead atoms. The van der Waals surface area contributed by atoms with E-state index in [2.05, 4.69) is 15.4 Å². The summed E-state index contributed by atoms with van der Waals surface area (Å²) in [5, 5.41) is 6.75. The normalized spacial score (nSPS) is 11.2. The largest absolute Gasteiger partial charge is 0.322 e. The van der Waals surface area contributed by atoms with E-state index in [9.17, 15) is 13.2 Å². The van der Waals surface area contributed by atoms with Crippen LogP contribution in [0.1, 0.15) is 15.9 Å². The third-order valence-electron chi connectivity index (χ3n) is 3.55. The van der Waals surface area contributed by atoms with Crippen LogP contribution < -0.4 is 5.32 Å². The van der Waals surface area contributed by atoms with Crippen LogP contribution >= 0.6 is 0 Å². The Labute approximate surface area is 145 Å². The summed E-state index contributed by atoms with van der Waals surface area (Å²) in [5.41, 5.74) is 1.70. The highest BCUT2D eigenvalue weighted by Gasteiger charge is 2.18. The highest BCUT2D eigenvalue weighted by molar-refractivity contribution is 7.90. The third-order valence-corrected chi connectivity index (χ3v) is 4.71. The fourth-order valence-electron chi connectivity index (χ4n) is 2.37. The first-order valence-corrected chi connectivity index (χ1v) is 9.34. The van der Waals surface area contributed by atoms with Gasteiger partial charge in [0.25, 0.3) is 5.91 Å². The quantitative estimate of drug-likeness (QED) is 0.754. The van der Waals surface area contributed by atoms with Crippen LogP contribution in [0.5, 0.6) is 0 Å². The molecule has 0 aliphatic rings. The number of nitrogens with zero attached hydrogens (tertiary/aromatic N) is 3. The Morgan fingerprint density at radius 2 is 1.84 bits per heavy atom.